The quantitative estimate of drug-likeness (QED) is 0.239. The van der Waals surface area contributed by atoms with E-state index in [0.29, 0.717) is 34.5 Å². The zero-order chi connectivity index (χ0) is 31.5. The molecule has 0 unspecified atom stereocenters. The highest BCUT2D eigenvalue weighted by atomic mass is 35.5. The van der Waals surface area contributed by atoms with Crippen LogP contribution >= 0.6 is 22.9 Å². The molecule has 12 heteroatoms. The summed E-state index contributed by atoms with van der Waals surface area (Å²) < 4.78 is 8.66. The lowest BCUT2D eigenvalue weighted by Crippen LogP contribution is -2.48. The number of imide groups is 2. The number of thiophene rings is 1. The first kappa shape index (κ1) is 28.4. The van der Waals surface area contributed by atoms with Crippen LogP contribution in [0.3, 0.4) is 0 Å². The molecule has 2 N–H and O–H groups in total. The molecule has 0 radical (unpaired) electrons. The Kier molecular flexibility index (Phi) is 6.14. The van der Waals surface area contributed by atoms with Crippen molar-refractivity contribution in [3.8, 4) is 10.6 Å². The number of aromatic nitrogens is 2. The van der Waals surface area contributed by atoms with Crippen molar-refractivity contribution in [1.82, 2.24) is 15.1 Å². The maximum Gasteiger partial charge on any atom is 0.242 e. The molecule has 2 saturated heterocycles. The van der Waals surface area contributed by atoms with E-state index >= 15 is 0 Å². The van der Waals surface area contributed by atoms with Crippen molar-refractivity contribution < 1.29 is 28.7 Å². The Morgan fingerprint density at radius 2 is 1.93 bits per heavy atom. The van der Waals surface area contributed by atoms with E-state index in [1.807, 2.05) is 31.2 Å². The van der Waals surface area contributed by atoms with Crippen LogP contribution in [-0.2, 0) is 32.8 Å². The largest absolute Gasteiger partial charge is 0.463 e. The second-order valence-electron chi connectivity index (χ2n) is 12.7. The zero-order valence-corrected chi connectivity index (χ0v) is 26.2. The molecule has 8 rings (SSSR count). The van der Waals surface area contributed by atoms with Crippen molar-refractivity contribution in [3.05, 3.63) is 70.2 Å². The lowest BCUT2D eigenvalue weighted by molar-refractivity contribution is -0.131. The van der Waals surface area contributed by atoms with E-state index < -0.39 is 35.0 Å². The van der Waals surface area contributed by atoms with Crippen molar-refractivity contribution >= 4 is 62.5 Å². The SMILES string of the molecule is Cc1c(-c2cc(N3C(=O)[C@@H]4C[C@@H]5C(=CC[C@@H]6C(=O)NC(=O)[C@@H]65)[C@H](c5ccc(CO)o5)[C@]4(C)C3=O)n(C)n2)sc2ccc(Cl)cc12. The Labute approximate surface area is 266 Å². The Bertz CT molecular complexity index is 2020. The summed E-state index contributed by atoms with van der Waals surface area (Å²) in [5, 5.41) is 18.6. The number of amides is 4. The molecular weight excluding hydrogens is 616 g/mol. The fraction of sp³-hybridized carbons (Fsp3) is 0.364. The first-order chi connectivity index (χ1) is 21.5. The van der Waals surface area contributed by atoms with E-state index in [2.05, 4.69) is 5.32 Å². The number of carbonyl (C=O) groups is 4. The normalized spacial score (nSPS) is 29.2. The lowest BCUT2D eigenvalue weighted by Gasteiger charge is -2.48. The molecule has 1 aromatic carbocycles. The molecule has 5 heterocycles. The summed E-state index contributed by atoms with van der Waals surface area (Å²) in [7, 11) is 1.71. The Balaban J connectivity index is 1.25. The first-order valence-electron chi connectivity index (χ1n) is 14.9. The molecule has 10 nitrogen and oxygen atoms in total. The van der Waals surface area contributed by atoms with Gasteiger partial charge in [0.1, 0.15) is 29.6 Å². The van der Waals surface area contributed by atoms with Gasteiger partial charge in [0, 0.05) is 22.8 Å². The predicted molar refractivity (Wildman–Crippen MR) is 166 cm³/mol. The molecule has 6 atom stereocenters. The summed E-state index contributed by atoms with van der Waals surface area (Å²) in [6.45, 7) is 3.48. The topological polar surface area (TPSA) is 135 Å². The lowest BCUT2D eigenvalue weighted by atomic mass is 9.52. The molecule has 4 amide bonds. The first-order valence-corrected chi connectivity index (χ1v) is 16.1. The summed E-state index contributed by atoms with van der Waals surface area (Å²) in [5.74, 6) is -3.29. The molecule has 1 saturated carbocycles. The number of benzene rings is 1. The van der Waals surface area contributed by atoms with Gasteiger partial charge in [0.05, 0.1) is 34.0 Å². The van der Waals surface area contributed by atoms with E-state index in [1.165, 1.54) is 4.90 Å². The number of aliphatic hydroxyl groups excluding tert-OH is 1. The number of fused-ring (bicyclic) bond motifs is 5. The average molecular weight is 645 g/mol. The molecular formula is C33H29ClN4O6S. The van der Waals surface area contributed by atoms with E-state index in [1.54, 1.807) is 48.2 Å². The van der Waals surface area contributed by atoms with Gasteiger partial charge >= 0.3 is 0 Å². The molecule has 4 aromatic rings. The highest BCUT2D eigenvalue weighted by Gasteiger charge is 2.68. The highest BCUT2D eigenvalue weighted by molar-refractivity contribution is 7.22. The number of rotatable bonds is 4. The minimum Gasteiger partial charge on any atom is -0.463 e. The maximum absolute atomic E-state index is 14.7. The van der Waals surface area contributed by atoms with E-state index in [4.69, 9.17) is 21.1 Å². The fourth-order valence-corrected chi connectivity index (χ4v) is 9.61. The van der Waals surface area contributed by atoms with Crippen LogP contribution in [0.15, 0.2) is 52.5 Å². The number of aryl methyl sites for hydroxylation is 2. The fourth-order valence-electron chi connectivity index (χ4n) is 8.30. The molecule has 45 heavy (non-hydrogen) atoms. The van der Waals surface area contributed by atoms with Crippen LogP contribution in [0.1, 0.15) is 42.8 Å². The third-order valence-corrected chi connectivity index (χ3v) is 12.0. The third-order valence-electron chi connectivity index (χ3n) is 10.5. The van der Waals surface area contributed by atoms with Crippen LogP contribution in [0.2, 0.25) is 5.02 Å². The molecule has 3 aromatic heterocycles. The van der Waals surface area contributed by atoms with E-state index in [9.17, 15) is 24.3 Å². The van der Waals surface area contributed by atoms with E-state index in [-0.39, 0.29) is 36.7 Å². The van der Waals surface area contributed by atoms with Gasteiger partial charge in [-0.25, -0.2) is 4.90 Å². The number of furan rings is 1. The molecule has 0 bridgehead atoms. The minimum atomic E-state index is -1.25. The molecule has 230 valence electrons. The number of nitrogens with zero attached hydrogens (tertiary/aromatic N) is 3. The van der Waals surface area contributed by atoms with Crippen LogP contribution in [0.5, 0.6) is 0 Å². The number of carbonyl (C=O) groups excluding carboxylic acids is 4. The van der Waals surface area contributed by atoms with Gasteiger partial charge in [0.2, 0.25) is 23.6 Å². The zero-order valence-electron chi connectivity index (χ0n) is 24.7. The Hall–Kier alpha value is -4.06. The van der Waals surface area contributed by atoms with Gasteiger partial charge in [-0.2, -0.15) is 5.10 Å². The van der Waals surface area contributed by atoms with Gasteiger partial charge in [-0.1, -0.05) is 23.3 Å². The number of aliphatic hydroxyl groups is 1. The van der Waals surface area contributed by atoms with Crippen LogP contribution in [-0.4, -0.2) is 38.5 Å². The summed E-state index contributed by atoms with van der Waals surface area (Å²) in [6, 6.07) is 10.9. The summed E-state index contributed by atoms with van der Waals surface area (Å²) in [5.41, 5.74) is 1.23. The maximum atomic E-state index is 14.7. The molecule has 2 aliphatic carbocycles. The minimum absolute atomic E-state index is 0.246. The van der Waals surface area contributed by atoms with Crippen LogP contribution in [0, 0.1) is 36.0 Å². The third kappa shape index (κ3) is 3.80. The predicted octanol–water partition coefficient (Wildman–Crippen LogP) is 4.87. The molecule has 3 fully saturated rings. The van der Waals surface area contributed by atoms with Gasteiger partial charge in [-0.05, 0) is 73.9 Å². The number of anilines is 1. The monoisotopic (exact) mass is 644 g/mol. The van der Waals surface area contributed by atoms with Crippen LogP contribution in [0.4, 0.5) is 5.82 Å². The molecule has 0 spiro atoms. The van der Waals surface area contributed by atoms with Gasteiger partial charge in [-0.3, -0.25) is 29.2 Å². The Morgan fingerprint density at radius 3 is 2.69 bits per heavy atom. The van der Waals surface area contributed by atoms with Crippen LogP contribution in [0.25, 0.3) is 20.7 Å². The van der Waals surface area contributed by atoms with Gasteiger partial charge in [-0.15, -0.1) is 11.3 Å². The summed E-state index contributed by atoms with van der Waals surface area (Å²) in [4.78, 5) is 57.0. The van der Waals surface area contributed by atoms with Gasteiger partial charge in [0.15, 0.2) is 0 Å². The van der Waals surface area contributed by atoms with Crippen molar-refractivity contribution in [2.24, 2.45) is 36.1 Å². The molecule has 2 aliphatic heterocycles. The van der Waals surface area contributed by atoms with Crippen molar-refractivity contribution in [3.63, 3.8) is 0 Å². The van der Waals surface area contributed by atoms with Crippen LogP contribution < -0.4 is 10.2 Å². The van der Waals surface area contributed by atoms with E-state index in [0.717, 1.165) is 26.1 Å². The van der Waals surface area contributed by atoms with Gasteiger partial charge < -0.3 is 9.52 Å². The smallest absolute Gasteiger partial charge is 0.242 e. The van der Waals surface area contributed by atoms with Gasteiger partial charge in [0.25, 0.3) is 0 Å². The Morgan fingerprint density at radius 1 is 1.13 bits per heavy atom. The summed E-state index contributed by atoms with van der Waals surface area (Å²) >= 11 is 7.83. The number of halogens is 1. The second kappa shape index (κ2) is 9.72. The number of nitrogens with one attached hydrogen (secondary N) is 1. The standard InChI is InChI=1S/C33H29ClN4O6S/c1-14-19-10-15(34)4-9-24(19)45-28(14)22-12-25(37(3)36-22)38-31(42)21-11-20-17(6-7-18-26(20)30(41)35-29(18)40)27(33(21,2)32(38)43)23-8-5-16(13-39)44-23/h4-6,8-10,12,18,20-21,26-27,39H,7,11,13H2,1-3H3,(H,35,40,41)/t18-,20+,21-,26-,27+,33+/m0/s1. The van der Waals surface area contributed by atoms with Crippen molar-refractivity contribution in [2.45, 2.75) is 39.2 Å². The number of hydrogen-bond donors (Lipinski definition) is 2. The second-order valence-corrected chi connectivity index (χ2v) is 14.2. The number of hydrogen-bond acceptors (Lipinski definition) is 8. The van der Waals surface area contributed by atoms with Crippen molar-refractivity contribution in [1.29, 1.82) is 0 Å². The van der Waals surface area contributed by atoms with Crippen molar-refractivity contribution in [2.75, 3.05) is 4.90 Å². The highest BCUT2D eigenvalue weighted by Crippen LogP contribution is 2.63. The summed E-state index contributed by atoms with van der Waals surface area (Å²) in [6.07, 6.45) is 2.56. The number of allylic oxidation sites excluding steroid dienone is 2. The molecule has 4 aliphatic rings. The average Bonchev–Trinajstić information content (AvgIpc) is 3.80.